The molecular weight excluding hydrogens is 529 g/mol. The van der Waals surface area contributed by atoms with Crippen molar-refractivity contribution in [3.8, 4) is 17.2 Å². The lowest BCUT2D eigenvalue weighted by Gasteiger charge is -2.27. The van der Waals surface area contributed by atoms with Crippen molar-refractivity contribution in [1.82, 2.24) is 4.90 Å². The van der Waals surface area contributed by atoms with Crippen LogP contribution in [-0.2, 0) is 11.2 Å². The van der Waals surface area contributed by atoms with Gasteiger partial charge in [-0.05, 0) is 77.7 Å². The fourth-order valence-corrected chi connectivity index (χ4v) is 5.13. The number of carbonyl (C=O) groups excluding carboxylic acids is 1. The number of hydrogen-bond donors (Lipinski definition) is 1. The van der Waals surface area contributed by atoms with E-state index in [2.05, 4.69) is 24.0 Å². The molecule has 0 saturated carbocycles. The van der Waals surface area contributed by atoms with Gasteiger partial charge in [0.1, 0.15) is 17.4 Å². The molecule has 0 fully saturated rings. The summed E-state index contributed by atoms with van der Waals surface area (Å²) in [4.78, 5) is 18.6. The first-order valence-electron chi connectivity index (χ1n) is 12.9. The zero-order valence-electron chi connectivity index (χ0n) is 22.1. The van der Waals surface area contributed by atoms with E-state index in [1.165, 1.54) is 29.5 Å². The summed E-state index contributed by atoms with van der Waals surface area (Å²) >= 11 is 1.25. The number of amidine groups is 2. The van der Waals surface area contributed by atoms with Gasteiger partial charge in [-0.2, -0.15) is 4.99 Å². The summed E-state index contributed by atoms with van der Waals surface area (Å²) in [5, 5.41) is 11.0. The highest BCUT2D eigenvalue weighted by Crippen LogP contribution is 2.38. The number of halogens is 1. The summed E-state index contributed by atoms with van der Waals surface area (Å²) in [6.45, 7) is 3.08. The molecule has 3 aromatic carbocycles. The Morgan fingerprint density at radius 3 is 2.48 bits per heavy atom. The maximum absolute atomic E-state index is 13.4. The second kappa shape index (κ2) is 12.2. The summed E-state index contributed by atoms with van der Waals surface area (Å²) in [5.74, 6) is 1.06. The maximum atomic E-state index is 13.4. The number of methoxy groups -OCH3 is 1. The van der Waals surface area contributed by atoms with E-state index in [0.29, 0.717) is 47.6 Å². The number of thioether (sulfide) groups is 1. The number of rotatable bonds is 10. The van der Waals surface area contributed by atoms with E-state index in [1.807, 2.05) is 12.1 Å². The van der Waals surface area contributed by atoms with Crippen LogP contribution in [0.4, 0.5) is 4.39 Å². The number of amides is 1. The van der Waals surface area contributed by atoms with Crippen molar-refractivity contribution in [3.63, 3.8) is 0 Å². The average molecular weight is 558 g/mol. The van der Waals surface area contributed by atoms with Gasteiger partial charge in [-0.1, -0.05) is 36.9 Å². The van der Waals surface area contributed by atoms with Crippen molar-refractivity contribution in [2.24, 2.45) is 4.99 Å². The van der Waals surface area contributed by atoms with Crippen molar-refractivity contribution in [2.45, 2.75) is 19.8 Å². The van der Waals surface area contributed by atoms with Crippen LogP contribution in [0, 0.1) is 11.2 Å². The number of nitrogens with zero attached hydrogens (tertiary/aromatic N) is 2. The van der Waals surface area contributed by atoms with Gasteiger partial charge in [0.15, 0.2) is 16.7 Å². The number of nitrogens with one attached hydrogen (secondary N) is 1. The molecule has 0 aliphatic carbocycles. The number of benzene rings is 3. The molecular formula is C31H28FN3O4S. The molecule has 1 amide bonds. The van der Waals surface area contributed by atoms with Crippen molar-refractivity contribution in [2.75, 3.05) is 20.3 Å². The lowest BCUT2D eigenvalue weighted by Crippen LogP contribution is -2.38. The van der Waals surface area contributed by atoms with Gasteiger partial charge < -0.3 is 14.2 Å². The molecule has 40 heavy (non-hydrogen) atoms. The summed E-state index contributed by atoms with van der Waals surface area (Å²) in [7, 11) is 1.55. The van der Waals surface area contributed by atoms with E-state index in [9.17, 15) is 9.18 Å². The monoisotopic (exact) mass is 557 g/mol. The van der Waals surface area contributed by atoms with E-state index < -0.39 is 5.91 Å². The van der Waals surface area contributed by atoms with Crippen LogP contribution in [0.1, 0.15) is 30.0 Å². The summed E-state index contributed by atoms with van der Waals surface area (Å²) in [6.07, 6.45) is 3.29. The van der Waals surface area contributed by atoms with Gasteiger partial charge in [0.25, 0.3) is 5.91 Å². The summed E-state index contributed by atoms with van der Waals surface area (Å²) in [6, 6.07) is 19.4. The minimum absolute atomic E-state index is 0.000739. The lowest BCUT2D eigenvalue weighted by atomic mass is 10.1. The third-order valence-electron chi connectivity index (χ3n) is 6.40. The Bertz CT molecular complexity index is 1510. The lowest BCUT2D eigenvalue weighted by molar-refractivity contribution is -0.114. The molecule has 204 valence electrons. The number of aryl methyl sites for hydroxylation is 1. The van der Waals surface area contributed by atoms with Crippen LogP contribution in [-0.4, -0.2) is 42.1 Å². The van der Waals surface area contributed by atoms with E-state index in [4.69, 9.17) is 19.6 Å². The summed E-state index contributed by atoms with van der Waals surface area (Å²) < 4.78 is 30.7. The molecule has 0 radical (unpaired) electrons. The molecule has 2 heterocycles. The van der Waals surface area contributed by atoms with E-state index >= 15 is 0 Å². The Balaban J connectivity index is 1.24. The van der Waals surface area contributed by atoms with Crippen LogP contribution in [0.25, 0.3) is 11.8 Å². The third kappa shape index (κ3) is 5.94. The number of fused-ring (bicyclic) bond motifs is 1. The average Bonchev–Trinajstić information content (AvgIpc) is 3.40. The van der Waals surface area contributed by atoms with E-state index in [-0.39, 0.29) is 17.2 Å². The molecule has 0 unspecified atom stereocenters. The van der Waals surface area contributed by atoms with Gasteiger partial charge in [0, 0.05) is 11.8 Å². The number of hydrogen-bond acceptors (Lipinski definition) is 6. The highest BCUT2D eigenvalue weighted by atomic mass is 32.2. The first-order valence-corrected chi connectivity index (χ1v) is 13.7. The van der Waals surface area contributed by atoms with Crippen molar-refractivity contribution >= 4 is 40.4 Å². The third-order valence-corrected chi connectivity index (χ3v) is 7.23. The molecule has 7 nitrogen and oxygen atoms in total. The summed E-state index contributed by atoms with van der Waals surface area (Å²) in [5.41, 5.74) is 3.45. The molecule has 0 spiro atoms. The van der Waals surface area contributed by atoms with Crippen LogP contribution < -0.4 is 14.2 Å². The topological polar surface area (TPSA) is 84.2 Å². The van der Waals surface area contributed by atoms with Crippen LogP contribution in [0.15, 0.2) is 82.7 Å². The Morgan fingerprint density at radius 1 is 1.00 bits per heavy atom. The Morgan fingerprint density at radius 2 is 1.75 bits per heavy atom. The molecule has 3 aromatic rings. The minimum atomic E-state index is -0.499. The molecule has 0 aromatic heterocycles. The first-order chi connectivity index (χ1) is 19.5. The number of ether oxygens (including phenoxy) is 3. The molecule has 0 saturated heterocycles. The molecule has 5 rings (SSSR count). The van der Waals surface area contributed by atoms with Gasteiger partial charge in [-0.25, -0.2) is 4.39 Å². The minimum Gasteiger partial charge on any atom is -0.493 e. The van der Waals surface area contributed by atoms with Crippen molar-refractivity contribution in [1.29, 1.82) is 5.41 Å². The van der Waals surface area contributed by atoms with Gasteiger partial charge in [0.2, 0.25) is 0 Å². The largest absolute Gasteiger partial charge is 0.493 e. The Labute approximate surface area is 236 Å². The molecule has 0 bridgehead atoms. The maximum Gasteiger partial charge on any atom is 0.283 e. The molecule has 1 N–H and O–H groups in total. The van der Waals surface area contributed by atoms with Crippen LogP contribution in [0.3, 0.4) is 0 Å². The van der Waals surface area contributed by atoms with Crippen molar-refractivity contribution in [3.05, 3.63) is 100 Å². The fourth-order valence-electron chi connectivity index (χ4n) is 4.24. The normalized spacial score (nSPS) is 15.6. The quantitative estimate of drug-likeness (QED) is 0.225. The molecule has 2 aliphatic rings. The molecule has 0 atom stereocenters. The van der Waals surface area contributed by atoms with Crippen LogP contribution >= 0.6 is 11.8 Å². The molecule has 2 aliphatic heterocycles. The van der Waals surface area contributed by atoms with Gasteiger partial charge >= 0.3 is 0 Å². The highest BCUT2D eigenvalue weighted by Gasteiger charge is 2.36. The first kappa shape index (κ1) is 27.2. The van der Waals surface area contributed by atoms with Crippen LogP contribution in [0.5, 0.6) is 17.2 Å². The second-order valence-corrected chi connectivity index (χ2v) is 9.86. The van der Waals surface area contributed by atoms with Crippen LogP contribution in [0.2, 0.25) is 0 Å². The smallest absolute Gasteiger partial charge is 0.283 e. The SMILES string of the molecule is CCc1ccc(OCCCOc2ccc(/C=C3\C(=N)N4C(c5ccc(F)cc5)=CSC4=NC3=O)cc2OC)cc1. The van der Waals surface area contributed by atoms with E-state index in [1.54, 1.807) is 53.8 Å². The zero-order valence-corrected chi connectivity index (χ0v) is 23.0. The number of carbonyl (C=O) groups is 1. The molecule has 9 heteroatoms. The van der Waals surface area contributed by atoms with Gasteiger partial charge in [0.05, 0.1) is 31.6 Å². The highest BCUT2D eigenvalue weighted by molar-refractivity contribution is 8.17. The van der Waals surface area contributed by atoms with Crippen molar-refractivity contribution < 1.29 is 23.4 Å². The predicted octanol–water partition coefficient (Wildman–Crippen LogP) is 6.55. The Hall–Kier alpha value is -4.37. The predicted molar refractivity (Wildman–Crippen MR) is 156 cm³/mol. The van der Waals surface area contributed by atoms with Gasteiger partial charge in [-0.3, -0.25) is 15.1 Å². The van der Waals surface area contributed by atoms with Gasteiger partial charge in [-0.15, -0.1) is 0 Å². The zero-order chi connectivity index (χ0) is 28.1. The Kier molecular flexibility index (Phi) is 8.31. The van der Waals surface area contributed by atoms with E-state index in [0.717, 1.165) is 17.7 Å². The second-order valence-electron chi connectivity index (χ2n) is 9.03. The standard InChI is InChI=1S/C31H28FN3O4S/c1-3-20-5-12-24(13-6-20)38-15-4-16-39-27-14-7-21(18-28(27)37-2)17-25-29(33)35-26(19-40-31(35)34-30(25)36)22-8-10-23(32)11-9-22/h5-14,17-19,33H,3-4,15-16H2,1-2H3/b25-17+,33-29?. The fraction of sp³-hybridized carbons (Fsp3) is 0.194. The number of aliphatic imine (C=N–C) groups is 1.